The fourth-order valence-electron chi connectivity index (χ4n) is 9.97. The molecule has 5 N–H and O–H groups in total. The molecule has 0 saturated carbocycles. The van der Waals surface area contributed by atoms with Crippen LogP contribution in [0.1, 0.15) is 113 Å². The summed E-state index contributed by atoms with van der Waals surface area (Å²) in [5.74, 6) is -5.19. The van der Waals surface area contributed by atoms with E-state index in [-0.39, 0.29) is 126 Å². The van der Waals surface area contributed by atoms with Gasteiger partial charge in [-0.05, 0) is 79.6 Å². The molecule has 1 unspecified atom stereocenters. The molecule has 88 heavy (non-hydrogen) atoms. The zero-order chi connectivity index (χ0) is 62.7. The van der Waals surface area contributed by atoms with E-state index in [4.69, 9.17) is 19.1 Å². The molecule has 26 nitrogen and oxygen atoms in total. The minimum absolute atomic E-state index is 0.0110. The van der Waals surface area contributed by atoms with Crippen LogP contribution in [0.15, 0.2) is 141 Å². The molecule has 4 aliphatic heterocycles. The highest BCUT2D eigenvalue weighted by Gasteiger charge is 2.35. The molecule has 4 aromatic heterocycles. The van der Waals surface area contributed by atoms with Gasteiger partial charge in [-0.15, -0.1) is 9.46 Å². The van der Waals surface area contributed by atoms with Crippen LogP contribution in [0.2, 0.25) is 0 Å². The third-order valence-electron chi connectivity index (χ3n) is 14.7. The van der Waals surface area contributed by atoms with Gasteiger partial charge in [0.1, 0.15) is 53.2 Å². The maximum absolute atomic E-state index is 14.9. The van der Waals surface area contributed by atoms with Crippen molar-refractivity contribution < 1.29 is 52.7 Å². The fourth-order valence-corrected chi connectivity index (χ4v) is 9.97. The van der Waals surface area contributed by atoms with Crippen LogP contribution >= 0.6 is 0 Å². The van der Waals surface area contributed by atoms with E-state index >= 15 is 0 Å². The maximum Gasteiger partial charge on any atom is 0.296 e. The highest BCUT2D eigenvalue weighted by Crippen LogP contribution is 2.17. The third kappa shape index (κ3) is 16.1. The Balaban J connectivity index is 1.15. The number of pyridine rings is 4. The normalized spacial score (nSPS) is 17.4. The summed E-state index contributed by atoms with van der Waals surface area (Å²) >= 11 is 0. The fraction of sp³-hybridized carbons (Fsp3) is 0.371. The molecule has 6 aromatic rings. The van der Waals surface area contributed by atoms with Gasteiger partial charge in [-0.2, -0.15) is 0 Å². The van der Waals surface area contributed by atoms with Crippen molar-refractivity contribution in [2.45, 2.75) is 70.4 Å². The van der Waals surface area contributed by atoms with E-state index in [1.807, 2.05) is 13.0 Å². The molecular weight excluding hydrogens is 1140 g/mol. The molecule has 0 aliphatic carbocycles. The summed E-state index contributed by atoms with van der Waals surface area (Å²) in [4.78, 5) is 169. The Hall–Kier alpha value is -9.95. The summed E-state index contributed by atoms with van der Waals surface area (Å²) in [6, 6.07) is 27.7. The number of aromatic nitrogens is 4. The summed E-state index contributed by atoms with van der Waals surface area (Å²) in [6.45, 7) is 1.54. The van der Waals surface area contributed by atoms with Crippen LogP contribution in [-0.4, -0.2) is 154 Å². The quantitative estimate of drug-likeness (QED) is 0.0944. The van der Waals surface area contributed by atoms with Crippen LogP contribution in [0.25, 0.3) is 0 Å². The van der Waals surface area contributed by atoms with Gasteiger partial charge < -0.3 is 64.7 Å². The summed E-state index contributed by atoms with van der Waals surface area (Å²) in [6.07, 6.45) is 0.748. The molecule has 10 rings (SSSR count). The summed E-state index contributed by atoms with van der Waals surface area (Å²) < 4.78 is 15.0. The monoisotopic (exact) mass is 1210 g/mol. The second-order valence-corrected chi connectivity index (χ2v) is 20.9. The molecule has 0 radical (unpaired) electrons. The lowest BCUT2D eigenvalue weighted by molar-refractivity contribution is -0.126. The van der Waals surface area contributed by atoms with Crippen molar-refractivity contribution in [3.05, 3.63) is 208 Å². The summed E-state index contributed by atoms with van der Waals surface area (Å²) in [5.41, 5.74) is -3.00. The second kappa shape index (κ2) is 30.9. The number of carbonyl (C=O) groups is 7. The van der Waals surface area contributed by atoms with Crippen molar-refractivity contribution in [3.63, 3.8) is 0 Å². The predicted molar refractivity (Wildman–Crippen MR) is 320 cm³/mol. The molecule has 1 saturated heterocycles. The first-order valence-electron chi connectivity index (χ1n) is 29.0. The van der Waals surface area contributed by atoms with E-state index < -0.39 is 87.3 Å². The van der Waals surface area contributed by atoms with Gasteiger partial charge in [0.05, 0.1) is 31.9 Å². The van der Waals surface area contributed by atoms with E-state index in [2.05, 4.69) is 26.6 Å². The standard InChI is InChI=1S/C62H71N11O15/c1-4-35-85-36-31-65-56(78)48-22-13-32-70(61(83)51-21-12-24-53(75)72(51)87-37-41-16-7-5-8-17-41)33-14-29-63-54(76)43-25-27-47(69(3)59(43)81)57(79)66-45-39-86-40-46(45)67-58(80)49-28-26-44(60(82)73(49)88-38-42-18-9-6-10-19-42)55(77)64-30-15-34-71(48)62(84)50-20-11-23-52(74)68(50)2/h5-12,16-21,23-28,45-46,48H,4,13-15,22,29-40H2,1-3H3,(H,63,76)(H,64,77)(H,65,78)(H,66,79)(H,67,80)/t45-,46+,48?/m1/s1. The van der Waals surface area contributed by atoms with Crippen molar-refractivity contribution in [2.75, 3.05) is 65.7 Å². The van der Waals surface area contributed by atoms with Crippen LogP contribution in [-0.2, 0) is 41.6 Å². The molecule has 0 spiro atoms. The Kier molecular flexibility index (Phi) is 22.5. The largest absolute Gasteiger partial charge is 0.405 e. The number of hydrogen-bond donors (Lipinski definition) is 5. The first kappa shape index (κ1) is 64.1. The van der Waals surface area contributed by atoms with Crippen LogP contribution in [0.3, 0.4) is 0 Å². The maximum atomic E-state index is 14.9. The van der Waals surface area contributed by atoms with Gasteiger partial charge in [0, 0.05) is 72.1 Å². The van der Waals surface area contributed by atoms with Crippen LogP contribution in [0.4, 0.5) is 0 Å². The van der Waals surface area contributed by atoms with Crippen molar-refractivity contribution in [2.24, 2.45) is 14.1 Å². The molecule has 8 heterocycles. The molecular formula is C62H71N11O15. The van der Waals surface area contributed by atoms with E-state index in [1.165, 1.54) is 78.5 Å². The molecule has 2 aromatic carbocycles. The molecule has 3 atom stereocenters. The number of ether oxygens (including phenoxy) is 2. The topological polar surface area (TPSA) is 311 Å². The Morgan fingerprint density at radius 1 is 0.557 bits per heavy atom. The third-order valence-corrected chi connectivity index (χ3v) is 14.7. The van der Waals surface area contributed by atoms with E-state index in [1.54, 1.807) is 54.6 Å². The van der Waals surface area contributed by atoms with Crippen molar-refractivity contribution in [3.8, 4) is 0 Å². The second-order valence-electron chi connectivity index (χ2n) is 20.9. The van der Waals surface area contributed by atoms with E-state index in [0.29, 0.717) is 22.5 Å². The van der Waals surface area contributed by atoms with Gasteiger partial charge in [0.15, 0.2) is 0 Å². The van der Waals surface area contributed by atoms with Crippen LogP contribution in [0, 0.1) is 0 Å². The first-order valence-corrected chi connectivity index (χ1v) is 29.0. The van der Waals surface area contributed by atoms with Gasteiger partial charge in [-0.25, -0.2) is 0 Å². The first-order chi connectivity index (χ1) is 42.6. The van der Waals surface area contributed by atoms with Gasteiger partial charge >= 0.3 is 0 Å². The van der Waals surface area contributed by atoms with Crippen molar-refractivity contribution >= 4 is 41.4 Å². The number of amides is 7. The Labute approximate surface area is 505 Å². The minimum Gasteiger partial charge on any atom is -0.405 e. The summed E-state index contributed by atoms with van der Waals surface area (Å²) in [5, 5.41) is 13.9. The number of rotatable bonds is 14. The van der Waals surface area contributed by atoms with Gasteiger partial charge in [0.2, 0.25) is 5.91 Å². The Bertz CT molecular complexity index is 3730. The van der Waals surface area contributed by atoms with E-state index in [9.17, 15) is 52.7 Å². The Morgan fingerprint density at radius 3 is 1.75 bits per heavy atom. The SMILES string of the molecule is CCCOCCNC(=O)C1CCCN(C(=O)c2cccc(=O)n2OCc2ccccc2)CCCNC(=O)c2ccc(n(C)c2=O)C(=O)N[C@@H]2COC[C@@H]2NC(=O)c2ccc(c(=O)n2OCc2ccccc2)C(=O)NCCCN1C(=O)c1cccc(=O)n1C. The average Bonchev–Trinajstić information content (AvgIpc) is 1.76. The Morgan fingerprint density at radius 2 is 1.11 bits per heavy atom. The molecule has 464 valence electrons. The predicted octanol–water partition coefficient (Wildman–Crippen LogP) is 0.822. The van der Waals surface area contributed by atoms with Gasteiger partial charge in [-0.1, -0.05) is 79.7 Å². The lowest BCUT2D eigenvalue weighted by atomic mass is 10.1. The zero-order valence-electron chi connectivity index (χ0n) is 49.1. The summed E-state index contributed by atoms with van der Waals surface area (Å²) in [7, 11) is 2.72. The lowest BCUT2D eigenvalue weighted by Gasteiger charge is -2.32. The highest BCUT2D eigenvalue weighted by molar-refractivity contribution is 5.99. The number of nitrogens with zero attached hydrogens (tertiary/aromatic N) is 6. The minimum atomic E-state index is -1.29. The number of fused-ring (bicyclic) bond motifs is 2. The number of nitrogens with one attached hydrogen (secondary N) is 5. The molecule has 4 bridgehead atoms. The number of benzene rings is 2. The van der Waals surface area contributed by atoms with Gasteiger partial charge in [-0.3, -0.25) is 52.7 Å². The van der Waals surface area contributed by atoms with Crippen LogP contribution in [0.5, 0.6) is 0 Å². The molecule has 7 amide bonds. The molecule has 26 heteroatoms. The van der Waals surface area contributed by atoms with Crippen molar-refractivity contribution in [1.82, 2.24) is 55.0 Å². The van der Waals surface area contributed by atoms with E-state index in [0.717, 1.165) is 26.4 Å². The highest BCUT2D eigenvalue weighted by atomic mass is 16.7. The number of carbonyl (C=O) groups excluding carboxylic acids is 7. The average molecular weight is 1210 g/mol. The smallest absolute Gasteiger partial charge is 0.296 e. The van der Waals surface area contributed by atoms with Gasteiger partial charge in [0.25, 0.3) is 57.7 Å². The zero-order valence-corrected chi connectivity index (χ0v) is 49.1. The van der Waals surface area contributed by atoms with Crippen LogP contribution < -0.4 is 58.5 Å². The van der Waals surface area contributed by atoms with Crippen molar-refractivity contribution in [1.29, 1.82) is 0 Å². The lowest BCUT2D eigenvalue weighted by Crippen LogP contribution is -2.52. The number of hydrogen-bond acceptors (Lipinski definition) is 15. The molecule has 1 fully saturated rings. The molecule has 4 aliphatic rings.